The van der Waals surface area contributed by atoms with Crippen LogP contribution in [-0.2, 0) is 19.9 Å². The van der Waals surface area contributed by atoms with Crippen LogP contribution in [0.25, 0.3) is 0 Å². The van der Waals surface area contributed by atoms with Gasteiger partial charge in [-0.05, 0) is 49.1 Å². The zero-order chi connectivity index (χ0) is 14.7. The molecule has 0 saturated carbocycles. The van der Waals surface area contributed by atoms with Crippen LogP contribution in [0.5, 0.6) is 5.75 Å². The van der Waals surface area contributed by atoms with Gasteiger partial charge in [-0.2, -0.15) is 5.10 Å². The molecule has 0 fully saturated rings. The highest BCUT2D eigenvalue weighted by Crippen LogP contribution is 2.35. The predicted octanol–water partition coefficient (Wildman–Crippen LogP) is 2.64. The van der Waals surface area contributed by atoms with Gasteiger partial charge in [-0.3, -0.25) is 4.68 Å². The zero-order valence-corrected chi connectivity index (χ0v) is 12.8. The van der Waals surface area contributed by atoms with E-state index in [0.717, 1.165) is 18.6 Å². The molecule has 3 rings (SSSR count). The molecule has 0 amide bonds. The molecule has 4 nitrogen and oxygen atoms in total. The normalized spacial score (nSPS) is 17.5. The Hall–Kier alpha value is -1.81. The van der Waals surface area contributed by atoms with Crippen molar-refractivity contribution in [1.29, 1.82) is 0 Å². The number of ether oxygens (including phenoxy) is 1. The summed E-state index contributed by atoms with van der Waals surface area (Å²) in [5.41, 5.74) is 4.01. The molecule has 112 valence electrons. The maximum absolute atomic E-state index is 6.05. The molecule has 21 heavy (non-hydrogen) atoms. The second-order valence-corrected chi connectivity index (χ2v) is 5.68. The molecule has 0 spiro atoms. The molecule has 0 aliphatic heterocycles. The van der Waals surface area contributed by atoms with E-state index in [4.69, 9.17) is 4.74 Å². The van der Waals surface area contributed by atoms with Gasteiger partial charge in [-0.1, -0.05) is 12.1 Å². The highest BCUT2D eigenvalue weighted by atomic mass is 16.5. The topological polar surface area (TPSA) is 39.1 Å². The number of aromatic nitrogens is 2. The van der Waals surface area contributed by atoms with Crippen LogP contribution in [0.1, 0.15) is 35.6 Å². The van der Waals surface area contributed by atoms with Crippen molar-refractivity contribution >= 4 is 0 Å². The Kier molecular flexibility index (Phi) is 4.25. The monoisotopic (exact) mass is 285 g/mol. The van der Waals surface area contributed by atoms with E-state index in [1.807, 2.05) is 31.2 Å². The second-order valence-electron chi connectivity index (χ2n) is 5.68. The lowest BCUT2D eigenvalue weighted by Crippen LogP contribution is -2.22. The lowest BCUT2D eigenvalue weighted by Gasteiger charge is -2.26. The first-order valence-corrected chi connectivity index (χ1v) is 7.67. The SMILES string of the molecule is CNC1CCCc2c(OCCc3cnn(C)c3)cccc21. The third kappa shape index (κ3) is 3.10. The number of fused-ring (bicyclic) bond motifs is 1. The number of nitrogens with zero attached hydrogens (tertiary/aromatic N) is 2. The number of rotatable bonds is 5. The number of aryl methyl sites for hydroxylation is 1. The molecule has 0 radical (unpaired) electrons. The van der Waals surface area contributed by atoms with Crippen molar-refractivity contribution in [3.63, 3.8) is 0 Å². The summed E-state index contributed by atoms with van der Waals surface area (Å²) >= 11 is 0. The molecule has 1 aromatic heterocycles. The predicted molar refractivity (Wildman–Crippen MR) is 83.6 cm³/mol. The minimum atomic E-state index is 0.468. The van der Waals surface area contributed by atoms with E-state index < -0.39 is 0 Å². The summed E-state index contributed by atoms with van der Waals surface area (Å²) in [5, 5.41) is 7.59. The summed E-state index contributed by atoms with van der Waals surface area (Å²) in [6, 6.07) is 6.90. The first kappa shape index (κ1) is 14.1. The maximum Gasteiger partial charge on any atom is 0.122 e. The minimum Gasteiger partial charge on any atom is -0.493 e. The van der Waals surface area contributed by atoms with Gasteiger partial charge < -0.3 is 10.1 Å². The Morgan fingerprint density at radius 1 is 1.43 bits per heavy atom. The van der Waals surface area contributed by atoms with Gasteiger partial charge >= 0.3 is 0 Å². The van der Waals surface area contributed by atoms with Crippen LogP contribution in [0.4, 0.5) is 0 Å². The molecule has 0 saturated heterocycles. The van der Waals surface area contributed by atoms with Gasteiger partial charge in [0.15, 0.2) is 0 Å². The largest absolute Gasteiger partial charge is 0.493 e. The number of nitrogens with one attached hydrogen (secondary N) is 1. The summed E-state index contributed by atoms with van der Waals surface area (Å²) in [4.78, 5) is 0. The van der Waals surface area contributed by atoms with Crippen LogP contribution >= 0.6 is 0 Å². The van der Waals surface area contributed by atoms with Crippen molar-refractivity contribution in [2.45, 2.75) is 31.7 Å². The maximum atomic E-state index is 6.05. The van der Waals surface area contributed by atoms with Crippen LogP contribution in [-0.4, -0.2) is 23.4 Å². The molecule has 1 aliphatic rings. The molecule has 1 heterocycles. The van der Waals surface area contributed by atoms with Gasteiger partial charge in [0.05, 0.1) is 12.8 Å². The van der Waals surface area contributed by atoms with E-state index in [-0.39, 0.29) is 0 Å². The third-order valence-corrected chi connectivity index (χ3v) is 4.22. The van der Waals surface area contributed by atoms with Crippen molar-refractivity contribution < 1.29 is 4.74 Å². The van der Waals surface area contributed by atoms with E-state index in [1.165, 1.54) is 29.5 Å². The molecule has 1 N–H and O–H groups in total. The Bertz CT molecular complexity index is 606. The van der Waals surface area contributed by atoms with Crippen LogP contribution in [0.2, 0.25) is 0 Å². The van der Waals surface area contributed by atoms with Gasteiger partial charge in [-0.15, -0.1) is 0 Å². The summed E-state index contributed by atoms with van der Waals surface area (Å²) in [5.74, 6) is 1.05. The van der Waals surface area contributed by atoms with Gasteiger partial charge in [0.1, 0.15) is 5.75 Å². The van der Waals surface area contributed by atoms with Crippen molar-refractivity contribution in [2.24, 2.45) is 7.05 Å². The van der Waals surface area contributed by atoms with Crippen molar-refractivity contribution in [1.82, 2.24) is 15.1 Å². The summed E-state index contributed by atoms with van der Waals surface area (Å²) < 4.78 is 7.88. The summed E-state index contributed by atoms with van der Waals surface area (Å²) in [7, 11) is 3.98. The fourth-order valence-corrected chi connectivity index (χ4v) is 3.13. The minimum absolute atomic E-state index is 0.468. The second kappa shape index (κ2) is 6.31. The molecule has 1 aromatic carbocycles. The average Bonchev–Trinajstić information content (AvgIpc) is 2.92. The average molecular weight is 285 g/mol. The van der Waals surface area contributed by atoms with Crippen LogP contribution < -0.4 is 10.1 Å². The van der Waals surface area contributed by atoms with E-state index in [1.54, 1.807) is 0 Å². The fraction of sp³-hybridized carbons (Fsp3) is 0.471. The van der Waals surface area contributed by atoms with E-state index in [2.05, 4.69) is 28.6 Å². The number of hydrogen-bond donors (Lipinski definition) is 1. The lowest BCUT2D eigenvalue weighted by atomic mass is 9.87. The van der Waals surface area contributed by atoms with Crippen molar-refractivity contribution in [2.75, 3.05) is 13.7 Å². The Morgan fingerprint density at radius 3 is 3.10 bits per heavy atom. The van der Waals surface area contributed by atoms with E-state index in [0.29, 0.717) is 12.6 Å². The molecule has 1 aliphatic carbocycles. The molecular weight excluding hydrogens is 262 g/mol. The van der Waals surface area contributed by atoms with Gasteiger partial charge in [-0.25, -0.2) is 0 Å². The smallest absolute Gasteiger partial charge is 0.122 e. The number of benzene rings is 1. The number of hydrogen-bond acceptors (Lipinski definition) is 3. The molecule has 2 aromatic rings. The molecule has 1 atom stereocenters. The highest BCUT2D eigenvalue weighted by molar-refractivity contribution is 5.43. The quantitative estimate of drug-likeness (QED) is 0.918. The highest BCUT2D eigenvalue weighted by Gasteiger charge is 2.21. The first-order valence-electron chi connectivity index (χ1n) is 7.67. The standard InChI is InChI=1S/C17H23N3O/c1-18-16-7-3-6-15-14(16)5-4-8-17(15)21-10-9-13-11-19-20(2)12-13/h4-5,8,11-12,16,18H,3,6-7,9-10H2,1-2H3. The van der Waals surface area contributed by atoms with Crippen molar-refractivity contribution in [3.8, 4) is 5.75 Å². The lowest BCUT2D eigenvalue weighted by molar-refractivity contribution is 0.315. The molecule has 0 bridgehead atoms. The molecule has 4 heteroatoms. The summed E-state index contributed by atoms with van der Waals surface area (Å²) in [6.07, 6.45) is 8.40. The zero-order valence-electron chi connectivity index (χ0n) is 12.8. The van der Waals surface area contributed by atoms with Crippen LogP contribution in [0, 0.1) is 0 Å². The molecular formula is C17H23N3O. The molecule has 1 unspecified atom stereocenters. The van der Waals surface area contributed by atoms with Gasteiger partial charge in [0, 0.05) is 25.7 Å². The summed E-state index contributed by atoms with van der Waals surface area (Å²) in [6.45, 7) is 0.701. The van der Waals surface area contributed by atoms with Gasteiger partial charge in [0.2, 0.25) is 0 Å². The van der Waals surface area contributed by atoms with E-state index in [9.17, 15) is 0 Å². The first-order chi connectivity index (χ1) is 10.3. The van der Waals surface area contributed by atoms with Crippen molar-refractivity contribution in [3.05, 3.63) is 47.3 Å². The fourth-order valence-electron chi connectivity index (χ4n) is 3.13. The Morgan fingerprint density at radius 2 is 2.33 bits per heavy atom. The van der Waals surface area contributed by atoms with Crippen LogP contribution in [0.3, 0.4) is 0 Å². The Balaban J connectivity index is 1.68. The Labute approximate surface area is 126 Å². The third-order valence-electron chi connectivity index (χ3n) is 4.22. The van der Waals surface area contributed by atoms with Crippen LogP contribution in [0.15, 0.2) is 30.6 Å². The van der Waals surface area contributed by atoms with E-state index >= 15 is 0 Å². The van der Waals surface area contributed by atoms with Gasteiger partial charge in [0.25, 0.3) is 0 Å².